The number of hydrogen-bond acceptors (Lipinski definition) is 6. The van der Waals surface area contributed by atoms with Gasteiger partial charge in [0.2, 0.25) is 0 Å². The largest absolute Gasteiger partial charge is 0.343 e. The van der Waals surface area contributed by atoms with E-state index >= 15 is 0 Å². The summed E-state index contributed by atoms with van der Waals surface area (Å²) in [5.74, 6) is -0.0548. The van der Waals surface area contributed by atoms with Crippen molar-refractivity contribution in [3.8, 4) is 0 Å². The number of benzene rings is 2. The van der Waals surface area contributed by atoms with E-state index in [1.54, 1.807) is 29.7 Å². The Balaban J connectivity index is 1.82. The molecule has 0 saturated heterocycles. The van der Waals surface area contributed by atoms with Gasteiger partial charge in [-0.3, -0.25) is 20.1 Å². The second-order valence-electron chi connectivity index (χ2n) is 5.07. The monoisotopic (exact) mass is 346 g/mol. The number of nitrogens with one attached hydrogen (secondary N) is 2. The number of hydroxylamine groups is 1. The minimum Gasteiger partial charge on any atom is -0.343 e. The molecule has 1 amide bonds. The fraction of sp³-hybridized carbons (Fsp3) is 0.0667. The Morgan fingerprint density at radius 3 is 2.83 bits per heavy atom. The van der Waals surface area contributed by atoms with E-state index in [4.69, 9.17) is 16.8 Å². The molecule has 3 rings (SSSR count). The zero-order valence-electron chi connectivity index (χ0n) is 12.1. The summed E-state index contributed by atoms with van der Waals surface area (Å²) in [5, 5.41) is 22.7. The van der Waals surface area contributed by atoms with Crippen molar-refractivity contribution in [3.63, 3.8) is 0 Å². The van der Waals surface area contributed by atoms with E-state index in [-0.39, 0.29) is 16.3 Å². The lowest BCUT2D eigenvalue weighted by atomic mass is 10.1. The van der Waals surface area contributed by atoms with Gasteiger partial charge in [0.1, 0.15) is 10.9 Å². The fourth-order valence-corrected chi connectivity index (χ4v) is 2.61. The number of fused-ring (bicyclic) bond motifs is 1. The lowest BCUT2D eigenvalue weighted by Crippen LogP contribution is -2.19. The third-order valence-electron chi connectivity index (χ3n) is 3.47. The van der Waals surface area contributed by atoms with Crippen LogP contribution >= 0.6 is 11.6 Å². The van der Waals surface area contributed by atoms with E-state index in [0.717, 1.165) is 0 Å². The van der Waals surface area contributed by atoms with Crippen LogP contribution in [0.5, 0.6) is 0 Å². The number of aliphatic imine (C=N–C) groups is 1. The van der Waals surface area contributed by atoms with Crippen LogP contribution in [0.4, 0.5) is 17.1 Å². The smallest absolute Gasteiger partial charge is 0.288 e. The number of nitrogens with zero attached hydrogens (tertiary/aromatic N) is 2. The molecule has 0 aliphatic carbocycles. The van der Waals surface area contributed by atoms with Crippen LogP contribution in [0.15, 0.2) is 41.4 Å². The molecule has 0 spiro atoms. The first-order valence-electron chi connectivity index (χ1n) is 6.84. The van der Waals surface area contributed by atoms with Crippen LogP contribution in [0.3, 0.4) is 0 Å². The summed E-state index contributed by atoms with van der Waals surface area (Å²) in [5.41, 5.74) is 3.54. The van der Waals surface area contributed by atoms with Crippen molar-refractivity contribution < 1.29 is 14.9 Å². The van der Waals surface area contributed by atoms with Crippen LogP contribution in [0.2, 0.25) is 5.02 Å². The molecular weight excluding hydrogens is 336 g/mol. The molecule has 2 aromatic rings. The Morgan fingerprint density at radius 2 is 2.12 bits per heavy atom. The molecular formula is C15H11ClN4O4. The van der Waals surface area contributed by atoms with Crippen LogP contribution in [0, 0.1) is 10.1 Å². The van der Waals surface area contributed by atoms with Gasteiger partial charge in [0.25, 0.3) is 11.6 Å². The molecule has 0 atom stereocenters. The number of carbonyl (C=O) groups excluding carboxylic acids is 1. The van der Waals surface area contributed by atoms with Crippen molar-refractivity contribution in [2.75, 3.05) is 5.32 Å². The number of nitro benzene ring substituents is 1. The van der Waals surface area contributed by atoms with E-state index in [2.05, 4.69) is 10.3 Å². The summed E-state index contributed by atoms with van der Waals surface area (Å²) < 4.78 is 0. The zero-order chi connectivity index (χ0) is 17.3. The molecule has 9 heteroatoms. The van der Waals surface area contributed by atoms with Crippen molar-refractivity contribution in [2.45, 2.75) is 6.42 Å². The van der Waals surface area contributed by atoms with Crippen LogP contribution in [0.1, 0.15) is 15.9 Å². The quantitative estimate of drug-likeness (QED) is 0.448. The molecule has 24 heavy (non-hydrogen) atoms. The number of carbonyl (C=O) groups is 1. The highest BCUT2D eigenvalue weighted by Gasteiger charge is 2.22. The van der Waals surface area contributed by atoms with Crippen molar-refractivity contribution in [1.82, 2.24) is 5.48 Å². The molecule has 0 saturated carbocycles. The summed E-state index contributed by atoms with van der Waals surface area (Å²) >= 11 is 5.88. The van der Waals surface area contributed by atoms with Crippen molar-refractivity contribution in [1.29, 1.82) is 0 Å². The maximum atomic E-state index is 11.4. The topological polar surface area (TPSA) is 117 Å². The Hall–Kier alpha value is -2.97. The Kier molecular flexibility index (Phi) is 4.15. The number of nitro groups is 1. The highest BCUT2D eigenvalue weighted by atomic mass is 35.5. The van der Waals surface area contributed by atoms with Gasteiger partial charge >= 0.3 is 0 Å². The molecule has 1 aliphatic rings. The van der Waals surface area contributed by atoms with E-state index < -0.39 is 10.8 Å². The Bertz CT molecular complexity index is 882. The number of rotatable bonds is 3. The van der Waals surface area contributed by atoms with E-state index in [0.29, 0.717) is 29.2 Å². The highest BCUT2D eigenvalue weighted by molar-refractivity contribution is 6.33. The number of amidine groups is 1. The molecule has 0 radical (unpaired) electrons. The highest BCUT2D eigenvalue weighted by Crippen LogP contribution is 2.36. The third kappa shape index (κ3) is 3.05. The van der Waals surface area contributed by atoms with Gasteiger partial charge < -0.3 is 5.32 Å². The Morgan fingerprint density at radius 1 is 1.33 bits per heavy atom. The van der Waals surface area contributed by atoms with Crippen molar-refractivity contribution in [3.05, 3.63) is 62.7 Å². The van der Waals surface area contributed by atoms with Gasteiger partial charge in [0, 0.05) is 23.7 Å². The van der Waals surface area contributed by atoms with Crippen LogP contribution in [-0.4, -0.2) is 21.9 Å². The molecule has 0 unspecified atom stereocenters. The van der Waals surface area contributed by atoms with Gasteiger partial charge in [0.05, 0.1) is 10.6 Å². The lowest BCUT2D eigenvalue weighted by molar-refractivity contribution is -0.384. The van der Waals surface area contributed by atoms with Gasteiger partial charge in [-0.05, 0) is 29.8 Å². The van der Waals surface area contributed by atoms with E-state index in [1.165, 1.54) is 12.1 Å². The fourth-order valence-electron chi connectivity index (χ4n) is 2.39. The molecule has 1 aliphatic heterocycles. The van der Waals surface area contributed by atoms with Gasteiger partial charge in [-0.25, -0.2) is 10.5 Å². The zero-order valence-corrected chi connectivity index (χ0v) is 12.9. The summed E-state index contributed by atoms with van der Waals surface area (Å²) in [4.78, 5) is 26.2. The van der Waals surface area contributed by atoms with Crippen LogP contribution in [0.25, 0.3) is 0 Å². The molecule has 0 fully saturated rings. The number of anilines is 1. The molecule has 2 aromatic carbocycles. The standard InChI is InChI=1S/C15H11ClN4O4/c16-11-7-12-9(5-13(11)20(23)24)6-14(18-12)17-10-3-1-2-8(4-10)15(21)19-22/h1-5,7,22H,6H2,(H,17,18)(H,19,21). The summed E-state index contributed by atoms with van der Waals surface area (Å²) in [7, 11) is 0. The predicted octanol–water partition coefficient (Wildman–Crippen LogP) is 3.07. The van der Waals surface area contributed by atoms with Gasteiger partial charge in [-0.2, -0.15) is 0 Å². The van der Waals surface area contributed by atoms with Crippen LogP contribution < -0.4 is 10.8 Å². The normalized spacial score (nSPS) is 12.3. The first-order chi connectivity index (χ1) is 11.5. The van der Waals surface area contributed by atoms with Gasteiger partial charge in [0.15, 0.2) is 0 Å². The minimum atomic E-state index is -0.627. The first kappa shape index (κ1) is 15.9. The third-order valence-corrected chi connectivity index (χ3v) is 3.78. The molecule has 3 N–H and O–H groups in total. The maximum absolute atomic E-state index is 11.4. The average molecular weight is 347 g/mol. The Labute approximate surface area is 140 Å². The van der Waals surface area contributed by atoms with Crippen LogP contribution in [-0.2, 0) is 6.42 Å². The van der Waals surface area contributed by atoms with Crippen molar-refractivity contribution >= 4 is 40.4 Å². The lowest BCUT2D eigenvalue weighted by Gasteiger charge is -2.07. The maximum Gasteiger partial charge on any atom is 0.288 e. The number of halogens is 1. The van der Waals surface area contributed by atoms with E-state index in [9.17, 15) is 14.9 Å². The number of amides is 1. The van der Waals surface area contributed by atoms with E-state index in [1.807, 2.05) is 0 Å². The molecule has 0 aromatic heterocycles. The van der Waals surface area contributed by atoms with Gasteiger partial charge in [-0.1, -0.05) is 17.7 Å². The summed E-state index contributed by atoms with van der Waals surface area (Å²) in [6, 6.07) is 9.34. The predicted molar refractivity (Wildman–Crippen MR) is 88.2 cm³/mol. The van der Waals surface area contributed by atoms with Gasteiger partial charge in [-0.15, -0.1) is 0 Å². The minimum absolute atomic E-state index is 0.0327. The first-order valence-corrected chi connectivity index (χ1v) is 7.21. The second-order valence-corrected chi connectivity index (χ2v) is 5.48. The summed E-state index contributed by atoms with van der Waals surface area (Å²) in [6.45, 7) is 0. The summed E-state index contributed by atoms with van der Waals surface area (Å²) in [6.07, 6.45) is 0.379. The molecule has 0 bridgehead atoms. The molecule has 8 nitrogen and oxygen atoms in total. The molecule has 122 valence electrons. The van der Waals surface area contributed by atoms with Crippen molar-refractivity contribution in [2.24, 2.45) is 4.99 Å². The molecule has 1 heterocycles. The average Bonchev–Trinajstić information content (AvgIpc) is 2.94. The SMILES string of the molecule is O=C(NO)c1cccc(NC2=Nc3cc(Cl)c([N+](=O)[O-])cc3C2)c1. The number of hydrogen-bond donors (Lipinski definition) is 3. The second kappa shape index (κ2) is 6.26.